The van der Waals surface area contributed by atoms with Crippen molar-refractivity contribution in [2.24, 2.45) is 0 Å². The van der Waals surface area contributed by atoms with Crippen LogP contribution < -0.4 is 5.32 Å². The lowest BCUT2D eigenvalue weighted by molar-refractivity contribution is 0.722. The number of unbranched alkanes of at least 4 members (excludes halogenated alkanes) is 1. The van der Waals surface area contributed by atoms with Crippen molar-refractivity contribution in [2.45, 2.75) is 12.8 Å². The third kappa shape index (κ3) is 3.49. The van der Waals surface area contributed by atoms with Crippen LogP contribution in [0.4, 0.5) is 0 Å². The molecule has 0 amide bonds. The molecule has 12 heavy (non-hydrogen) atoms. The lowest BCUT2D eigenvalue weighted by atomic mass is 10.1. The fourth-order valence-corrected chi connectivity index (χ4v) is 1.05. The molecular formula is C10H15N2. The van der Waals surface area contributed by atoms with E-state index in [1.165, 1.54) is 12.0 Å². The van der Waals surface area contributed by atoms with E-state index in [1.807, 2.05) is 31.6 Å². The number of rotatable bonds is 5. The van der Waals surface area contributed by atoms with Gasteiger partial charge in [-0.15, -0.1) is 0 Å². The summed E-state index contributed by atoms with van der Waals surface area (Å²) < 4.78 is 0. The molecule has 1 aromatic heterocycles. The van der Waals surface area contributed by atoms with Gasteiger partial charge >= 0.3 is 0 Å². The van der Waals surface area contributed by atoms with Gasteiger partial charge in [0.2, 0.25) is 0 Å². The SMILES string of the molecule is CNCCC[CH]c1ccncc1. The summed E-state index contributed by atoms with van der Waals surface area (Å²) in [5.41, 5.74) is 1.26. The molecule has 0 bridgehead atoms. The van der Waals surface area contributed by atoms with Crippen LogP contribution >= 0.6 is 0 Å². The minimum absolute atomic E-state index is 1.08. The molecule has 0 aromatic carbocycles. The summed E-state index contributed by atoms with van der Waals surface area (Å²) in [4.78, 5) is 3.96. The predicted molar refractivity (Wildman–Crippen MR) is 50.8 cm³/mol. The monoisotopic (exact) mass is 163 g/mol. The normalized spacial score (nSPS) is 10.1. The first-order valence-corrected chi connectivity index (χ1v) is 4.31. The molecule has 1 rings (SSSR count). The minimum atomic E-state index is 1.08. The second-order valence-corrected chi connectivity index (χ2v) is 2.73. The number of hydrogen-bond donors (Lipinski definition) is 1. The highest BCUT2D eigenvalue weighted by molar-refractivity contribution is 5.18. The number of hydrogen-bond acceptors (Lipinski definition) is 2. The Morgan fingerprint density at radius 1 is 1.42 bits per heavy atom. The van der Waals surface area contributed by atoms with E-state index in [2.05, 4.69) is 16.7 Å². The molecule has 0 aliphatic carbocycles. The van der Waals surface area contributed by atoms with Crippen LogP contribution in [0.5, 0.6) is 0 Å². The fraction of sp³-hybridized carbons (Fsp3) is 0.400. The van der Waals surface area contributed by atoms with E-state index in [4.69, 9.17) is 0 Å². The highest BCUT2D eigenvalue weighted by Gasteiger charge is 1.91. The Kier molecular flexibility index (Phi) is 4.39. The van der Waals surface area contributed by atoms with Crippen molar-refractivity contribution in [3.05, 3.63) is 36.5 Å². The van der Waals surface area contributed by atoms with Crippen molar-refractivity contribution < 1.29 is 0 Å². The lowest BCUT2D eigenvalue weighted by Crippen LogP contribution is -2.07. The minimum Gasteiger partial charge on any atom is -0.320 e. The van der Waals surface area contributed by atoms with Crippen LogP contribution in [0.2, 0.25) is 0 Å². The molecule has 0 spiro atoms. The Balaban J connectivity index is 2.16. The standard InChI is InChI=1S/C10H15N2/c1-11-7-3-2-4-10-5-8-12-9-6-10/h4-6,8-9,11H,2-3,7H2,1H3. The molecule has 1 aromatic rings. The molecular weight excluding hydrogens is 148 g/mol. The molecule has 0 aliphatic rings. The van der Waals surface area contributed by atoms with Gasteiger partial charge in [-0.1, -0.05) is 0 Å². The van der Waals surface area contributed by atoms with E-state index in [0.29, 0.717) is 0 Å². The molecule has 1 heterocycles. The second-order valence-electron chi connectivity index (χ2n) is 2.73. The van der Waals surface area contributed by atoms with Crippen molar-refractivity contribution in [3.8, 4) is 0 Å². The van der Waals surface area contributed by atoms with Gasteiger partial charge in [-0.2, -0.15) is 0 Å². The zero-order valence-corrected chi connectivity index (χ0v) is 7.46. The van der Waals surface area contributed by atoms with E-state index in [1.54, 1.807) is 0 Å². The van der Waals surface area contributed by atoms with Crippen LogP contribution in [-0.4, -0.2) is 18.6 Å². The van der Waals surface area contributed by atoms with E-state index < -0.39 is 0 Å². The number of nitrogens with zero attached hydrogens (tertiary/aromatic N) is 1. The third-order valence-electron chi connectivity index (χ3n) is 1.72. The summed E-state index contributed by atoms with van der Waals surface area (Å²) in [6.07, 6.45) is 8.20. The first kappa shape index (κ1) is 9.20. The first-order chi connectivity index (χ1) is 5.93. The Labute approximate surface area is 74.0 Å². The van der Waals surface area contributed by atoms with Gasteiger partial charge < -0.3 is 5.32 Å². The highest BCUT2D eigenvalue weighted by atomic mass is 14.8. The van der Waals surface area contributed by atoms with Gasteiger partial charge in [0, 0.05) is 12.4 Å². The second kappa shape index (κ2) is 5.72. The van der Waals surface area contributed by atoms with Gasteiger partial charge in [0.05, 0.1) is 0 Å². The van der Waals surface area contributed by atoms with Crippen molar-refractivity contribution >= 4 is 0 Å². The van der Waals surface area contributed by atoms with E-state index in [9.17, 15) is 0 Å². The molecule has 0 fully saturated rings. The van der Waals surface area contributed by atoms with Crippen LogP contribution in [0.25, 0.3) is 0 Å². The third-order valence-corrected chi connectivity index (χ3v) is 1.72. The van der Waals surface area contributed by atoms with Crippen LogP contribution in [0.3, 0.4) is 0 Å². The van der Waals surface area contributed by atoms with Crippen molar-refractivity contribution in [1.29, 1.82) is 0 Å². The molecule has 1 radical (unpaired) electrons. The average Bonchev–Trinajstić information content (AvgIpc) is 2.14. The maximum Gasteiger partial charge on any atom is 0.0270 e. The molecule has 65 valence electrons. The van der Waals surface area contributed by atoms with Crippen LogP contribution in [0, 0.1) is 6.42 Å². The maximum atomic E-state index is 3.96. The summed E-state index contributed by atoms with van der Waals surface area (Å²) in [5.74, 6) is 0. The Hall–Kier alpha value is -0.890. The lowest BCUT2D eigenvalue weighted by Gasteiger charge is -1.99. The van der Waals surface area contributed by atoms with Gasteiger partial charge in [-0.25, -0.2) is 0 Å². The van der Waals surface area contributed by atoms with Gasteiger partial charge in [0.25, 0.3) is 0 Å². The van der Waals surface area contributed by atoms with E-state index >= 15 is 0 Å². The molecule has 0 saturated carbocycles. The zero-order valence-electron chi connectivity index (χ0n) is 7.46. The fourth-order valence-electron chi connectivity index (χ4n) is 1.05. The molecule has 0 saturated heterocycles. The van der Waals surface area contributed by atoms with Gasteiger partial charge in [-0.3, -0.25) is 4.98 Å². The summed E-state index contributed by atoms with van der Waals surface area (Å²) in [5, 5.41) is 3.12. The zero-order chi connectivity index (χ0) is 8.65. The Morgan fingerprint density at radius 2 is 2.17 bits per heavy atom. The molecule has 2 heteroatoms. The first-order valence-electron chi connectivity index (χ1n) is 4.31. The average molecular weight is 163 g/mol. The molecule has 0 atom stereocenters. The van der Waals surface area contributed by atoms with Gasteiger partial charge in [0.15, 0.2) is 0 Å². The Bertz CT molecular complexity index is 196. The van der Waals surface area contributed by atoms with E-state index in [-0.39, 0.29) is 0 Å². The summed E-state index contributed by atoms with van der Waals surface area (Å²) in [6, 6.07) is 4.05. The summed E-state index contributed by atoms with van der Waals surface area (Å²) >= 11 is 0. The topological polar surface area (TPSA) is 24.9 Å². The van der Waals surface area contributed by atoms with Gasteiger partial charge in [-0.05, 0) is 50.6 Å². The molecule has 2 nitrogen and oxygen atoms in total. The van der Waals surface area contributed by atoms with Crippen LogP contribution in [0.15, 0.2) is 24.5 Å². The van der Waals surface area contributed by atoms with E-state index in [0.717, 1.165) is 13.0 Å². The quantitative estimate of drug-likeness (QED) is 0.667. The van der Waals surface area contributed by atoms with Crippen molar-refractivity contribution in [1.82, 2.24) is 10.3 Å². The molecule has 0 aliphatic heterocycles. The maximum absolute atomic E-state index is 3.96. The smallest absolute Gasteiger partial charge is 0.0270 e. The van der Waals surface area contributed by atoms with Crippen molar-refractivity contribution in [2.75, 3.05) is 13.6 Å². The Morgan fingerprint density at radius 3 is 2.83 bits per heavy atom. The van der Waals surface area contributed by atoms with Crippen LogP contribution in [0.1, 0.15) is 18.4 Å². The number of pyridine rings is 1. The number of aromatic nitrogens is 1. The summed E-state index contributed by atoms with van der Waals surface area (Å²) in [6.45, 7) is 1.08. The summed E-state index contributed by atoms with van der Waals surface area (Å²) in [7, 11) is 1.98. The van der Waals surface area contributed by atoms with Crippen LogP contribution in [-0.2, 0) is 0 Å². The van der Waals surface area contributed by atoms with Gasteiger partial charge in [0.1, 0.15) is 0 Å². The number of nitrogens with one attached hydrogen (secondary N) is 1. The van der Waals surface area contributed by atoms with Crippen molar-refractivity contribution in [3.63, 3.8) is 0 Å². The highest BCUT2D eigenvalue weighted by Crippen LogP contribution is 2.04. The largest absolute Gasteiger partial charge is 0.320 e. The predicted octanol–water partition coefficient (Wildman–Crippen LogP) is 1.63. The molecule has 0 unspecified atom stereocenters. The molecule has 1 N–H and O–H groups in total.